The zero-order chi connectivity index (χ0) is 30.8. The van der Waals surface area contributed by atoms with Gasteiger partial charge in [-0.3, -0.25) is 4.31 Å². The molecule has 0 saturated carbocycles. The number of methoxy groups -OCH3 is 1. The van der Waals surface area contributed by atoms with Crippen molar-refractivity contribution in [1.29, 1.82) is 0 Å². The van der Waals surface area contributed by atoms with Crippen molar-refractivity contribution in [2.75, 3.05) is 87.8 Å². The molecule has 11 nitrogen and oxygen atoms in total. The average Bonchev–Trinajstić information content (AvgIpc) is 3.45. The summed E-state index contributed by atoms with van der Waals surface area (Å²) in [5.41, 5.74) is 4.80. The zero-order valence-corrected chi connectivity index (χ0v) is 26.8. The van der Waals surface area contributed by atoms with Crippen molar-refractivity contribution in [2.24, 2.45) is 5.92 Å². The van der Waals surface area contributed by atoms with E-state index in [1.165, 1.54) is 56.1 Å². The highest BCUT2D eigenvalue weighted by molar-refractivity contribution is 7.92. The number of piperazine rings is 1. The summed E-state index contributed by atoms with van der Waals surface area (Å²) in [5, 5.41) is 8.10. The van der Waals surface area contributed by atoms with Gasteiger partial charge in [0.1, 0.15) is 5.75 Å². The smallest absolute Gasteiger partial charge is 0.245 e. The Labute approximate surface area is 260 Å². The Balaban J connectivity index is 1.17. The van der Waals surface area contributed by atoms with Crippen LogP contribution in [0.15, 0.2) is 60.8 Å². The maximum atomic E-state index is 12.3. The third-order valence-electron chi connectivity index (χ3n) is 8.94. The Morgan fingerprint density at radius 3 is 2.48 bits per heavy atom. The fraction of sp³-hybridized carbons (Fsp3) is 0.438. The van der Waals surface area contributed by atoms with Crippen LogP contribution < -0.4 is 19.3 Å². The Hall–Kier alpha value is -3.87. The number of para-hydroxylation sites is 1. The summed E-state index contributed by atoms with van der Waals surface area (Å²) in [6.45, 7) is 7.99. The summed E-state index contributed by atoms with van der Waals surface area (Å²) < 4.78 is 33.5. The monoisotopic (exact) mass is 618 g/mol. The first-order valence-corrected chi connectivity index (χ1v) is 17.0. The molecular formula is C32H42N8O3S. The third kappa shape index (κ3) is 6.47. The zero-order valence-electron chi connectivity index (χ0n) is 26.0. The van der Waals surface area contributed by atoms with E-state index in [2.05, 4.69) is 44.2 Å². The van der Waals surface area contributed by atoms with E-state index in [4.69, 9.17) is 9.84 Å². The molecule has 4 aromatic rings. The van der Waals surface area contributed by atoms with Crippen LogP contribution in [0.5, 0.6) is 5.75 Å². The van der Waals surface area contributed by atoms with Gasteiger partial charge in [-0.05, 0) is 56.1 Å². The second-order valence-electron chi connectivity index (χ2n) is 11.9. The average molecular weight is 619 g/mol. The molecule has 0 amide bonds. The van der Waals surface area contributed by atoms with E-state index in [0.29, 0.717) is 11.6 Å². The van der Waals surface area contributed by atoms with Crippen molar-refractivity contribution in [3.05, 3.63) is 60.8 Å². The number of hydrogen-bond acceptors (Lipinski definition) is 9. The molecule has 0 spiro atoms. The lowest BCUT2D eigenvalue weighted by atomic mass is 9.95. The van der Waals surface area contributed by atoms with Gasteiger partial charge in [0.25, 0.3) is 0 Å². The van der Waals surface area contributed by atoms with Crippen LogP contribution in [-0.2, 0) is 10.0 Å². The molecule has 12 heteroatoms. The van der Waals surface area contributed by atoms with Gasteiger partial charge in [-0.1, -0.05) is 18.2 Å². The lowest BCUT2D eigenvalue weighted by molar-refractivity contribution is 0.129. The number of ether oxygens (including phenoxy) is 1. The predicted molar refractivity (Wildman–Crippen MR) is 177 cm³/mol. The van der Waals surface area contributed by atoms with Gasteiger partial charge in [0.05, 0.1) is 42.1 Å². The lowest BCUT2D eigenvalue weighted by Gasteiger charge is -2.38. The summed E-state index contributed by atoms with van der Waals surface area (Å²) in [5.74, 6) is 1.88. The molecule has 0 aliphatic carbocycles. The number of likely N-dealkylation sites (N-methyl/N-ethyl adjacent to an activating group) is 1. The molecule has 2 aliphatic heterocycles. The van der Waals surface area contributed by atoms with E-state index in [1.807, 2.05) is 36.4 Å². The molecule has 2 aromatic carbocycles. The number of nitrogens with zero attached hydrogens (tertiary/aromatic N) is 7. The van der Waals surface area contributed by atoms with Crippen molar-refractivity contribution >= 4 is 38.6 Å². The Morgan fingerprint density at radius 2 is 1.75 bits per heavy atom. The predicted octanol–water partition coefficient (Wildman–Crippen LogP) is 4.01. The highest BCUT2D eigenvalue weighted by Crippen LogP contribution is 2.35. The molecule has 2 aliphatic rings. The van der Waals surface area contributed by atoms with Gasteiger partial charge in [0.15, 0.2) is 0 Å². The number of nitrogens with one attached hydrogen (secondary N) is 1. The molecule has 0 bridgehead atoms. The van der Waals surface area contributed by atoms with Gasteiger partial charge in [-0.2, -0.15) is 0 Å². The third-order valence-corrected chi connectivity index (χ3v) is 10.1. The maximum absolute atomic E-state index is 12.3. The van der Waals surface area contributed by atoms with Crippen LogP contribution in [0.4, 0.5) is 23.0 Å². The molecule has 0 radical (unpaired) electrons. The Kier molecular flexibility index (Phi) is 8.66. The molecule has 6 rings (SSSR count). The van der Waals surface area contributed by atoms with E-state index in [-0.39, 0.29) is 0 Å². The molecule has 4 heterocycles. The Bertz CT molecular complexity index is 1710. The molecule has 234 valence electrons. The van der Waals surface area contributed by atoms with E-state index in [1.54, 1.807) is 30.9 Å². The summed E-state index contributed by atoms with van der Waals surface area (Å²) in [7, 11) is 2.00. The number of benzene rings is 2. The summed E-state index contributed by atoms with van der Waals surface area (Å²) in [6.07, 6.45) is 5.34. The molecule has 0 unspecified atom stereocenters. The van der Waals surface area contributed by atoms with E-state index < -0.39 is 10.0 Å². The van der Waals surface area contributed by atoms with Crippen LogP contribution in [0, 0.1) is 5.92 Å². The number of sulfonamides is 1. The highest BCUT2D eigenvalue weighted by atomic mass is 32.2. The molecule has 1 N–H and O–H groups in total. The maximum Gasteiger partial charge on any atom is 0.245 e. The summed E-state index contributed by atoms with van der Waals surface area (Å²) in [4.78, 5) is 12.0. The molecular weight excluding hydrogens is 576 g/mol. The molecule has 0 atom stereocenters. The van der Waals surface area contributed by atoms with Crippen molar-refractivity contribution in [3.8, 4) is 17.0 Å². The minimum Gasteiger partial charge on any atom is -0.494 e. The first-order chi connectivity index (χ1) is 21.2. The molecule has 44 heavy (non-hydrogen) atoms. The second-order valence-corrected chi connectivity index (χ2v) is 13.9. The van der Waals surface area contributed by atoms with Crippen LogP contribution in [-0.4, -0.2) is 106 Å². The summed E-state index contributed by atoms with van der Waals surface area (Å²) >= 11 is 0. The van der Waals surface area contributed by atoms with Crippen LogP contribution >= 0.6 is 0 Å². The fourth-order valence-electron chi connectivity index (χ4n) is 6.18. The highest BCUT2D eigenvalue weighted by Gasteiger charge is 2.24. The van der Waals surface area contributed by atoms with Gasteiger partial charge >= 0.3 is 0 Å². The topological polar surface area (TPSA) is 98.5 Å². The fourth-order valence-corrected chi connectivity index (χ4v) is 6.69. The largest absolute Gasteiger partial charge is 0.494 e. The molecule has 2 fully saturated rings. The van der Waals surface area contributed by atoms with Gasteiger partial charge in [-0.25, -0.2) is 17.9 Å². The van der Waals surface area contributed by atoms with Crippen molar-refractivity contribution in [1.82, 2.24) is 24.4 Å². The van der Waals surface area contributed by atoms with Crippen molar-refractivity contribution in [3.63, 3.8) is 0 Å². The van der Waals surface area contributed by atoms with Crippen LogP contribution in [0.25, 0.3) is 16.8 Å². The molecule has 2 aromatic heterocycles. The first kappa shape index (κ1) is 30.2. The second kappa shape index (κ2) is 12.6. The van der Waals surface area contributed by atoms with Crippen LogP contribution in [0.2, 0.25) is 0 Å². The number of anilines is 4. The lowest BCUT2D eigenvalue weighted by Crippen LogP contribution is -2.47. The standard InChI is InChI=1S/C32H42N8O3S/c1-36-17-19-38(20-18-36)23-24-13-15-39(16-14-24)25-9-11-28(31(21-25)43-3)34-32-33-22-26-10-12-30(40(26)35-32)27-7-5-6-8-29(27)37(2)44(4,41)42/h5-12,21-22,24H,13-20,23H2,1-4H3,(H,34,35). The van der Waals surface area contributed by atoms with Gasteiger partial charge in [-0.15, -0.1) is 5.10 Å². The van der Waals surface area contributed by atoms with E-state index in [0.717, 1.165) is 52.9 Å². The normalized spacial score (nSPS) is 17.2. The van der Waals surface area contributed by atoms with Gasteiger partial charge in [0.2, 0.25) is 16.0 Å². The Morgan fingerprint density at radius 1 is 1.00 bits per heavy atom. The molecule has 2 saturated heterocycles. The van der Waals surface area contributed by atoms with E-state index in [9.17, 15) is 8.42 Å². The minimum atomic E-state index is -3.44. The number of hydrogen-bond donors (Lipinski definition) is 1. The SMILES string of the molecule is COc1cc(N2CCC(CN3CCN(C)CC3)CC2)ccc1Nc1ncc2ccc(-c3ccccc3N(C)S(C)(=O)=O)n2n1. The van der Waals surface area contributed by atoms with Crippen molar-refractivity contribution in [2.45, 2.75) is 12.8 Å². The van der Waals surface area contributed by atoms with E-state index >= 15 is 0 Å². The quantitative estimate of drug-likeness (QED) is 0.298. The minimum absolute atomic E-state index is 0.402. The van der Waals surface area contributed by atoms with Crippen molar-refractivity contribution < 1.29 is 13.2 Å². The summed E-state index contributed by atoms with van der Waals surface area (Å²) in [6, 6.07) is 17.5. The number of aromatic nitrogens is 3. The number of rotatable bonds is 9. The van der Waals surface area contributed by atoms with Gasteiger partial charge in [0, 0.05) is 70.2 Å². The van der Waals surface area contributed by atoms with Gasteiger partial charge < -0.3 is 24.8 Å². The number of piperidine rings is 1. The first-order valence-electron chi connectivity index (χ1n) is 15.2. The van der Waals surface area contributed by atoms with Crippen LogP contribution in [0.3, 0.4) is 0 Å². The number of fused-ring (bicyclic) bond motifs is 1. The van der Waals surface area contributed by atoms with Crippen LogP contribution in [0.1, 0.15) is 12.8 Å².